The second-order valence-corrected chi connectivity index (χ2v) is 4.68. The third-order valence-corrected chi connectivity index (χ3v) is 3.14. The molecule has 7 heteroatoms. The molecule has 1 unspecified atom stereocenters. The van der Waals surface area contributed by atoms with E-state index in [-0.39, 0.29) is 17.9 Å². The maximum absolute atomic E-state index is 12.2. The molecule has 20 heavy (non-hydrogen) atoms. The maximum atomic E-state index is 12.2. The Bertz CT molecular complexity index is 330. The number of rotatable bonds is 8. The largest absolute Gasteiger partial charge is 0.379 e. The van der Waals surface area contributed by atoms with Gasteiger partial charge < -0.3 is 20.2 Å². The number of ether oxygens (including phenoxy) is 1. The number of hydrogen-bond donors (Lipinski definition) is 2. The van der Waals surface area contributed by atoms with Crippen LogP contribution in [0.25, 0.3) is 0 Å². The van der Waals surface area contributed by atoms with Gasteiger partial charge in [-0.1, -0.05) is 0 Å². The predicted octanol–water partition coefficient (Wildman–Crippen LogP) is -1.08. The molecule has 0 aromatic rings. The van der Waals surface area contributed by atoms with E-state index in [1.165, 1.54) is 6.92 Å². The number of nitrogens with one attached hydrogen (secondary N) is 2. The smallest absolute Gasteiger partial charge is 0.237 e. The Kier molecular flexibility index (Phi) is 7.82. The van der Waals surface area contributed by atoms with Gasteiger partial charge in [-0.3, -0.25) is 14.5 Å². The highest BCUT2D eigenvalue weighted by molar-refractivity contribution is 5.82. The van der Waals surface area contributed by atoms with Gasteiger partial charge >= 0.3 is 0 Å². The molecular weight excluding hydrogens is 262 g/mol. The Labute approximate surface area is 119 Å². The quantitative estimate of drug-likeness (QED) is 0.437. The van der Waals surface area contributed by atoms with Crippen molar-refractivity contribution in [1.29, 1.82) is 0 Å². The SMILES string of the molecule is CC(=O)NCCC(C(=O)NCCC=O)N1CCOCC1. The molecule has 0 aromatic heterocycles. The summed E-state index contributed by atoms with van der Waals surface area (Å²) in [4.78, 5) is 35.4. The van der Waals surface area contributed by atoms with Gasteiger partial charge in [0.1, 0.15) is 6.29 Å². The van der Waals surface area contributed by atoms with Crippen molar-refractivity contribution in [2.75, 3.05) is 39.4 Å². The first-order chi connectivity index (χ1) is 9.65. The van der Waals surface area contributed by atoms with Crippen LogP contribution in [0.1, 0.15) is 19.8 Å². The van der Waals surface area contributed by atoms with Gasteiger partial charge in [0.25, 0.3) is 0 Å². The van der Waals surface area contributed by atoms with Crippen LogP contribution < -0.4 is 10.6 Å². The molecule has 0 aliphatic carbocycles. The number of carbonyl (C=O) groups excluding carboxylic acids is 3. The van der Waals surface area contributed by atoms with Crippen LogP contribution in [0.15, 0.2) is 0 Å². The number of carbonyl (C=O) groups is 3. The van der Waals surface area contributed by atoms with E-state index in [4.69, 9.17) is 4.74 Å². The van der Waals surface area contributed by atoms with E-state index in [1.54, 1.807) is 0 Å². The predicted molar refractivity (Wildman–Crippen MR) is 73.2 cm³/mol. The van der Waals surface area contributed by atoms with Crippen molar-refractivity contribution in [2.24, 2.45) is 0 Å². The minimum absolute atomic E-state index is 0.0981. The highest BCUT2D eigenvalue weighted by Gasteiger charge is 2.26. The summed E-state index contributed by atoms with van der Waals surface area (Å²) in [5.74, 6) is -0.203. The average Bonchev–Trinajstić information content (AvgIpc) is 2.44. The summed E-state index contributed by atoms with van der Waals surface area (Å²) >= 11 is 0. The topological polar surface area (TPSA) is 87.7 Å². The molecule has 0 bridgehead atoms. The molecule has 1 aliphatic heterocycles. The summed E-state index contributed by atoms with van der Waals surface area (Å²) in [5, 5.41) is 5.46. The van der Waals surface area contributed by atoms with Crippen molar-refractivity contribution in [3.8, 4) is 0 Å². The molecule has 0 spiro atoms. The molecule has 0 radical (unpaired) electrons. The summed E-state index contributed by atoms with van der Waals surface area (Å²) in [7, 11) is 0. The Balaban J connectivity index is 2.49. The third kappa shape index (κ3) is 6.12. The Morgan fingerprint density at radius 2 is 1.95 bits per heavy atom. The van der Waals surface area contributed by atoms with Crippen molar-refractivity contribution >= 4 is 18.1 Å². The van der Waals surface area contributed by atoms with Crippen LogP contribution in [0, 0.1) is 0 Å². The van der Waals surface area contributed by atoms with E-state index >= 15 is 0 Å². The molecule has 2 N–H and O–H groups in total. The highest BCUT2D eigenvalue weighted by atomic mass is 16.5. The van der Waals surface area contributed by atoms with E-state index in [2.05, 4.69) is 15.5 Å². The minimum Gasteiger partial charge on any atom is -0.379 e. The van der Waals surface area contributed by atoms with E-state index in [0.29, 0.717) is 52.2 Å². The molecule has 1 rings (SSSR count). The van der Waals surface area contributed by atoms with Gasteiger partial charge in [0.15, 0.2) is 0 Å². The van der Waals surface area contributed by atoms with E-state index in [0.717, 1.165) is 6.29 Å². The van der Waals surface area contributed by atoms with Crippen LogP contribution in [0.3, 0.4) is 0 Å². The summed E-state index contributed by atoms with van der Waals surface area (Å²) in [6.07, 6.45) is 1.64. The second-order valence-electron chi connectivity index (χ2n) is 4.68. The molecule has 0 saturated carbocycles. The van der Waals surface area contributed by atoms with Gasteiger partial charge in [0, 0.05) is 39.5 Å². The molecular formula is C13H23N3O4. The molecule has 1 aliphatic rings. The van der Waals surface area contributed by atoms with Gasteiger partial charge in [-0.15, -0.1) is 0 Å². The van der Waals surface area contributed by atoms with Crippen molar-refractivity contribution in [2.45, 2.75) is 25.8 Å². The maximum Gasteiger partial charge on any atom is 0.237 e. The number of amides is 2. The molecule has 1 saturated heterocycles. The van der Waals surface area contributed by atoms with Crippen molar-refractivity contribution in [1.82, 2.24) is 15.5 Å². The first-order valence-electron chi connectivity index (χ1n) is 6.92. The molecule has 1 heterocycles. The zero-order chi connectivity index (χ0) is 14.8. The lowest BCUT2D eigenvalue weighted by Gasteiger charge is -2.33. The van der Waals surface area contributed by atoms with Crippen LogP contribution in [-0.2, 0) is 19.1 Å². The van der Waals surface area contributed by atoms with E-state index in [9.17, 15) is 14.4 Å². The van der Waals surface area contributed by atoms with Crippen LogP contribution in [0.5, 0.6) is 0 Å². The summed E-state index contributed by atoms with van der Waals surface area (Å²) in [5.41, 5.74) is 0. The normalized spacial score (nSPS) is 17.2. The van der Waals surface area contributed by atoms with E-state index < -0.39 is 0 Å². The minimum atomic E-state index is -0.294. The van der Waals surface area contributed by atoms with Crippen molar-refractivity contribution in [3.63, 3.8) is 0 Å². The first-order valence-corrected chi connectivity index (χ1v) is 6.92. The van der Waals surface area contributed by atoms with Crippen molar-refractivity contribution < 1.29 is 19.1 Å². The van der Waals surface area contributed by atoms with E-state index in [1.807, 2.05) is 0 Å². The van der Waals surface area contributed by atoms with Gasteiger partial charge in [0.05, 0.1) is 19.3 Å². The van der Waals surface area contributed by atoms with Gasteiger partial charge in [-0.05, 0) is 6.42 Å². The second kappa shape index (κ2) is 9.44. The number of nitrogens with zero attached hydrogens (tertiary/aromatic N) is 1. The Hall–Kier alpha value is -1.47. The summed E-state index contributed by atoms with van der Waals surface area (Å²) in [6.45, 7) is 4.88. The molecule has 1 fully saturated rings. The van der Waals surface area contributed by atoms with Gasteiger partial charge in [0.2, 0.25) is 11.8 Å². The van der Waals surface area contributed by atoms with Crippen LogP contribution in [-0.4, -0.2) is 68.4 Å². The standard InChI is InChI=1S/C13H23N3O4/c1-11(18)14-5-3-12(13(19)15-4-2-8-17)16-6-9-20-10-7-16/h8,12H,2-7,9-10H2,1H3,(H,14,18)(H,15,19). The molecule has 7 nitrogen and oxygen atoms in total. The monoisotopic (exact) mass is 285 g/mol. The Morgan fingerprint density at radius 3 is 2.55 bits per heavy atom. The molecule has 1 atom stereocenters. The fourth-order valence-corrected chi connectivity index (χ4v) is 2.13. The number of morpholine rings is 1. The van der Waals surface area contributed by atoms with Crippen molar-refractivity contribution in [3.05, 3.63) is 0 Å². The fraction of sp³-hybridized carbons (Fsp3) is 0.769. The fourth-order valence-electron chi connectivity index (χ4n) is 2.13. The zero-order valence-electron chi connectivity index (χ0n) is 11.9. The Morgan fingerprint density at radius 1 is 1.25 bits per heavy atom. The number of aldehydes is 1. The summed E-state index contributed by atoms with van der Waals surface area (Å²) in [6, 6.07) is -0.294. The zero-order valence-corrected chi connectivity index (χ0v) is 11.9. The van der Waals surface area contributed by atoms with Gasteiger partial charge in [-0.25, -0.2) is 0 Å². The molecule has 2 amide bonds. The third-order valence-electron chi connectivity index (χ3n) is 3.14. The van der Waals surface area contributed by atoms with Gasteiger partial charge in [-0.2, -0.15) is 0 Å². The van der Waals surface area contributed by atoms with Crippen LogP contribution in [0.2, 0.25) is 0 Å². The highest BCUT2D eigenvalue weighted by Crippen LogP contribution is 2.08. The number of hydrogen-bond acceptors (Lipinski definition) is 5. The lowest BCUT2D eigenvalue weighted by molar-refractivity contribution is -0.129. The summed E-state index contributed by atoms with van der Waals surface area (Å²) < 4.78 is 5.28. The molecule has 114 valence electrons. The lowest BCUT2D eigenvalue weighted by atomic mass is 10.1. The average molecular weight is 285 g/mol. The first kappa shape index (κ1) is 16.6. The lowest BCUT2D eigenvalue weighted by Crippen LogP contribution is -2.52. The van der Waals surface area contributed by atoms with Crippen LogP contribution in [0.4, 0.5) is 0 Å². The molecule has 0 aromatic carbocycles. The van der Waals surface area contributed by atoms with Crippen LogP contribution >= 0.6 is 0 Å².